The summed E-state index contributed by atoms with van der Waals surface area (Å²) in [4.78, 5) is 21.9. The van der Waals surface area contributed by atoms with E-state index in [1.807, 2.05) is 0 Å². The highest BCUT2D eigenvalue weighted by molar-refractivity contribution is 5.98. The van der Waals surface area contributed by atoms with E-state index in [-0.39, 0.29) is 41.4 Å². The Balaban J connectivity index is 1.88. The minimum absolute atomic E-state index is 0.0532. The molecule has 2 atom stereocenters. The second kappa shape index (κ2) is 10.5. The summed E-state index contributed by atoms with van der Waals surface area (Å²) in [7, 11) is 1.49. The van der Waals surface area contributed by atoms with Crippen molar-refractivity contribution >= 4 is 29.0 Å². The number of aromatic nitrogens is 2. The average Bonchev–Trinajstić information content (AvgIpc) is 2.75. The van der Waals surface area contributed by atoms with Gasteiger partial charge in [0.15, 0.2) is 23.3 Å². The molecule has 0 radical (unpaired) electrons. The zero-order valence-corrected chi connectivity index (χ0v) is 17.9. The highest BCUT2D eigenvalue weighted by atomic mass is 19.1. The molecule has 1 fully saturated rings. The number of ether oxygens (including phenoxy) is 2. The fraction of sp³-hybridized carbons (Fsp3) is 0.450. The maximum Gasteiger partial charge on any atom is 0.252 e. The number of hydrogen-bond acceptors (Lipinski definition) is 9. The molecule has 0 aliphatic carbocycles. The second-order valence-electron chi connectivity index (χ2n) is 7.40. The SMILES string of the molecule is COC[C@@H](Nc1nc(Nc2cnc(N3CCOCC3)c(F)c2)c(C(N)=O)cc1F)[C@H](C)N. The number of hydrogen-bond donors (Lipinski definition) is 4. The van der Waals surface area contributed by atoms with Crippen LogP contribution < -0.4 is 27.0 Å². The third kappa shape index (κ3) is 5.58. The number of nitrogens with zero attached hydrogens (tertiary/aromatic N) is 3. The molecule has 0 saturated carbocycles. The van der Waals surface area contributed by atoms with Crippen molar-refractivity contribution in [3.63, 3.8) is 0 Å². The molecule has 0 aromatic carbocycles. The fourth-order valence-corrected chi connectivity index (χ4v) is 3.20. The maximum absolute atomic E-state index is 14.7. The van der Waals surface area contributed by atoms with Crippen LogP contribution in [0.15, 0.2) is 18.3 Å². The van der Waals surface area contributed by atoms with Gasteiger partial charge < -0.3 is 36.5 Å². The molecule has 0 unspecified atom stereocenters. The summed E-state index contributed by atoms with van der Waals surface area (Å²) in [6, 6.07) is 1.35. The molecule has 10 nitrogen and oxygen atoms in total. The lowest BCUT2D eigenvalue weighted by Gasteiger charge is -2.28. The quantitative estimate of drug-likeness (QED) is 0.443. The summed E-state index contributed by atoms with van der Waals surface area (Å²) in [6.45, 7) is 3.97. The van der Waals surface area contributed by atoms with E-state index < -0.39 is 23.6 Å². The molecular weight excluding hydrogens is 424 g/mol. The first kappa shape index (κ1) is 23.6. The van der Waals surface area contributed by atoms with E-state index in [9.17, 15) is 13.6 Å². The Morgan fingerprint density at radius 3 is 2.59 bits per heavy atom. The van der Waals surface area contributed by atoms with Crippen molar-refractivity contribution in [3.05, 3.63) is 35.5 Å². The molecule has 1 amide bonds. The molecule has 6 N–H and O–H groups in total. The lowest BCUT2D eigenvalue weighted by atomic mass is 10.1. The molecule has 1 aliphatic heterocycles. The van der Waals surface area contributed by atoms with Gasteiger partial charge in [0.05, 0.1) is 43.3 Å². The van der Waals surface area contributed by atoms with Gasteiger partial charge in [0.25, 0.3) is 5.91 Å². The van der Waals surface area contributed by atoms with Crippen LogP contribution in [0.1, 0.15) is 17.3 Å². The number of carbonyl (C=O) groups is 1. The largest absolute Gasteiger partial charge is 0.382 e. The summed E-state index contributed by atoms with van der Waals surface area (Å²) in [5, 5.41) is 5.67. The zero-order valence-electron chi connectivity index (χ0n) is 17.9. The molecule has 0 bridgehead atoms. The van der Waals surface area contributed by atoms with Gasteiger partial charge in [-0.2, -0.15) is 0 Å². The number of nitrogens with one attached hydrogen (secondary N) is 2. The maximum atomic E-state index is 14.7. The molecule has 3 rings (SSSR count). The monoisotopic (exact) mass is 451 g/mol. The minimum atomic E-state index is -0.899. The normalized spacial score (nSPS) is 15.8. The van der Waals surface area contributed by atoms with Gasteiger partial charge in [-0.1, -0.05) is 0 Å². The standard InChI is InChI=1S/C20H27F2N7O3/c1-11(23)16(10-31-2)27-19-14(21)8-13(17(24)30)18(28-19)26-12-7-15(22)20(25-9-12)29-3-5-32-6-4-29/h7-9,11,16H,3-6,10,23H2,1-2H3,(H2,24,30)(H2,26,27,28)/t11-,16+/m0/s1. The highest BCUT2D eigenvalue weighted by Gasteiger charge is 2.21. The summed E-state index contributed by atoms with van der Waals surface area (Å²) in [6.07, 6.45) is 1.40. The molecule has 2 aromatic rings. The van der Waals surface area contributed by atoms with E-state index in [2.05, 4.69) is 20.6 Å². The van der Waals surface area contributed by atoms with Gasteiger partial charge >= 0.3 is 0 Å². The van der Waals surface area contributed by atoms with Gasteiger partial charge in [0, 0.05) is 32.3 Å². The van der Waals surface area contributed by atoms with Gasteiger partial charge in [-0.15, -0.1) is 0 Å². The molecule has 3 heterocycles. The third-order valence-electron chi connectivity index (χ3n) is 4.94. The van der Waals surface area contributed by atoms with Gasteiger partial charge in [0.1, 0.15) is 5.82 Å². The third-order valence-corrected chi connectivity index (χ3v) is 4.94. The Morgan fingerprint density at radius 1 is 1.28 bits per heavy atom. The first-order valence-electron chi connectivity index (χ1n) is 10.1. The van der Waals surface area contributed by atoms with Gasteiger partial charge in [-0.05, 0) is 13.0 Å². The first-order valence-corrected chi connectivity index (χ1v) is 10.1. The molecule has 2 aromatic heterocycles. The van der Waals surface area contributed by atoms with Crippen molar-refractivity contribution < 1.29 is 23.0 Å². The predicted octanol–water partition coefficient (Wildman–Crippen LogP) is 1.21. The molecular formula is C20H27F2N7O3. The summed E-state index contributed by atoms with van der Waals surface area (Å²) in [5.41, 5.74) is 11.3. The first-order chi connectivity index (χ1) is 15.3. The molecule has 174 valence electrons. The van der Waals surface area contributed by atoms with Crippen LogP contribution in [0, 0.1) is 11.6 Å². The second-order valence-corrected chi connectivity index (χ2v) is 7.40. The Morgan fingerprint density at radius 2 is 2.00 bits per heavy atom. The summed E-state index contributed by atoms with van der Waals surface area (Å²) in [5.74, 6) is -2.27. The number of morpholine rings is 1. The number of nitrogens with two attached hydrogens (primary N) is 2. The molecule has 32 heavy (non-hydrogen) atoms. The Labute approximate surface area is 184 Å². The van der Waals surface area contributed by atoms with Crippen molar-refractivity contribution in [2.45, 2.75) is 19.0 Å². The van der Waals surface area contributed by atoms with E-state index in [0.717, 1.165) is 6.07 Å². The summed E-state index contributed by atoms with van der Waals surface area (Å²) >= 11 is 0. The van der Waals surface area contributed by atoms with Crippen LogP contribution >= 0.6 is 0 Å². The Hall–Kier alpha value is -3.09. The Kier molecular flexibility index (Phi) is 7.72. The van der Waals surface area contributed by atoms with Gasteiger partial charge in [-0.3, -0.25) is 4.79 Å². The highest BCUT2D eigenvalue weighted by Crippen LogP contribution is 2.26. The van der Waals surface area contributed by atoms with E-state index >= 15 is 0 Å². The molecule has 0 spiro atoms. The van der Waals surface area contributed by atoms with Crippen LogP contribution in [0.3, 0.4) is 0 Å². The van der Waals surface area contributed by atoms with E-state index in [1.165, 1.54) is 19.4 Å². The van der Waals surface area contributed by atoms with Gasteiger partial charge in [0.2, 0.25) is 0 Å². The van der Waals surface area contributed by atoms with Gasteiger partial charge in [-0.25, -0.2) is 18.7 Å². The van der Waals surface area contributed by atoms with Crippen LogP contribution in [0.25, 0.3) is 0 Å². The molecule has 1 saturated heterocycles. The van der Waals surface area contributed by atoms with E-state index in [4.69, 9.17) is 20.9 Å². The van der Waals surface area contributed by atoms with Crippen molar-refractivity contribution in [3.8, 4) is 0 Å². The van der Waals surface area contributed by atoms with E-state index in [0.29, 0.717) is 26.3 Å². The minimum Gasteiger partial charge on any atom is -0.382 e. The average molecular weight is 451 g/mol. The smallest absolute Gasteiger partial charge is 0.252 e. The predicted molar refractivity (Wildman–Crippen MR) is 116 cm³/mol. The number of carbonyl (C=O) groups excluding carboxylic acids is 1. The molecule has 12 heteroatoms. The van der Waals surface area contributed by atoms with Crippen molar-refractivity contribution in [2.75, 3.05) is 55.6 Å². The fourth-order valence-electron chi connectivity index (χ4n) is 3.20. The lowest BCUT2D eigenvalue weighted by molar-refractivity contribution is 0.100. The topological polar surface area (TPSA) is 141 Å². The number of pyridine rings is 2. The number of methoxy groups -OCH3 is 1. The van der Waals surface area contributed by atoms with Crippen molar-refractivity contribution in [2.24, 2.45) is 11.5 Å². The zero-order chi connectivity index (χ0) is 23.3. The number of primary amides is 1. The van der Waals surface area contributed by atoms with Crippen LogP contribution in [0.5, 0.6) is 0 Å². The van der Waals surface area contributed by atoms with Crippen LogP contribution in [0.4, 0.5) is 31.9 Å². The lowest BCUT2D eigenvalue weighted by Crippen LogP contribution is -2.41. The summed E-state index contributed by atoms with van der Waals surface area (Å²) < 4.78 is 39.6. The number of amides is 1. The number of rotatable bonds is 9. The van der Waals surface area contributed by atoms with Crippen LogP contribution in [-0.2, 0) is 9.47 Å². The Bertz CT molecular complexity index is 955. The van der Waals surface area contributed by atoms with Crippen molar-refractivity contribution in [1.82, 2.24) is 9.97 Å². The number of anilines is 4. The van der Waals surface area contributed by atoms with Crippen LogP contribution in [0.2, 0.25) is 0 Å². The van der Waals surface area contributed by atoms with Crippen LogP contribution in [-0.4, -0.2) is 68.0 Å². The molecule has 1 aliphatic rings. The van der Waals surface area contributed by atoms with E-state index in [1.54, 1.807) is 11.8 Å². The van der Waals surface area contributed by atoms with Crippen molar-refractivity contribution in [1.29, 1.82) is 0 Å². The number of halogens is 2.